The van der Waals surface area contributed by atoms with Gasteiger partial charge in [0.05, 0.1) is 15.5 Å². The van der Waals surface area contributed by atoms with Crippen molar-refractivity contribution in [3.05, 3.63) is 56.6 Å². The van der Waals surface area contributed by atoms with E-state index in [0.717, 1.165) is 24.3 Å². The first-order valence-electron chi connectivity index (χ1n) is 9.96. The summed E-state index contributed by atoms with van der Waals surface area (Å²) in [4.78, 5) is 22.7. The second kappa shape index (κ2) is 10.8. The van der Waals surface area contributed by atoms with Crippen molar-refractivity contribution in [3.8, 4) is 11.5 Å². The molecule has 0 aliphatic heterocycles. The van der Waals surface area contributed by atoms with Gasteiger partial charge in [-0.05, 0) is 24.6 Å². The van der Waals surface area contributed by atoms with Gasteiger partial charge in [0.25, 0.3) is 5.69 Å². The largest absolute Gasteiger partial charge is 0.455 e. The Morgan fingerprint density at radius 1 is 1.18 bits per heavy atom. The predicted octanol–water partition coefficient (Wildman–Crippen LogP) is 5.86. The summed E-state index contributed by atoms with van der Waals surface area (Å²) in [6.45, 7) is 6.23. The number of benzene rings is 2. The van der Waals surface area contributed by atoms with Gasteiger partial charge in [-0.2, -0.15) is 13.2 Å². The number of alkyl halides is 3. The van der Waals surface area contributed by atoms with Gasteiger partial charge in [-0.25, -0.2) is 0 Å². The highest BCUT2D eigenvalue weighted by molar-refractivity contribution is 7.48. The van der Waals surface area contributed by atoms with Gasteiger partial charge < -0.3 is 14.6 Å². The molecule has 2 aromatic carbocycles. The number of aryl methyl sites for hydroxylation is 1. The molecule has 0 fully saturated rings. The molecule has 0 saturated heterocycles. The number of carbonyl (C=O) groups is 1. The van der Waals surface area contributed by atoms with E-state index in [1.165, 1.54) is 0 Å². The van der Waals surface area contributed by atoms with Crippen LogP contribution in [-0.2, 0) is 26.5 Å². The fourth-order valence-corrected chi connectivity index (χ4v) is 3.89. The van der Waals surface area contributed by atoms with Crippen LogP contribution in [0.4, 0.5) is 18.9 Å². The summed E-state index contributed by atoms with van der Waals surface area (Å²) in [5.41, 5.74) is -1.84. The minimum absolute atomic E-state index is 0.0189. The maximum Gasteiger partial charge on any atom is 0.416 e. The maximum atomic E-state index is 12.9. The second-order valence-electron chi connectivity index (χ2n) is 8.16. The average molecular weight is 523 g/mol. The Bertz CT molecular complexity index is 1120. The van der Waals surface area contributed by atoms with Crippen molar-refractivity contribution in [3.63, 3.8) is 0 Å². The van der Waals surface area contributed by atoms with Crippen molar-refractivity contribution in [1.82, 2.24) is 5.32 Å². The first-order valence-corrected chi connectivity index (χ1v) is 11.7. The van der Waals surface area contributed by atoms with Crippen molar-refractivity contribution >= 4 is 36.5 Å². The molecule has 1 atom stereocenters. The van der Waals surface area contributed by atoms with Crippen LogP contribution in [0.2, 0.25) is 5.02 Å². The van der Waals surface area contributed by atoms with E-state index in [0.29, 0.717) is 11.6 Å². The molecule has 0 aliphatic carbocycles. The summed E-state index contributed by atoms with van der Waals surface area (Å²) in [6, 6.07) is 4.79. The van der Waals surface area contributed by atoms with Gasteiger partial charge in [0, 0.05) is 23.1 Å². The molecule has 8 nitrogen and oxygen atoms in total. The molecule has 186 valence electrons. The van der Waals surface area contributed by atoms with E-state index in [1.54, 1.807) is 27.7 Å². The first kappa shape index (κ1) is 27.6. The van der Waals surface area contributed by atoms with Crippen LogP contribution in [0, 0.1) is 15.5 Å². The monoisotopic (exact) mass is 522 g/mol. The third-order valence-electron chi connectivity index (χ3n) is 4.57. The Kier molecular flexibility index (Phi) is 8.74. The summed E-state index contributed by atoms with van der Waals surface area (Å²) in [6.07, 6.45) is -4.34. The van der Waals surface area contributed by atoms with Crippen LogP contribution in [-0.4, -0.2) is 17.6 Å². The van der Waals surface area contributed by atoms with E-state index in [-0.39, 0.29) is 34.2 Å². The van der Waals surface area contributed by atoms with Gasteiger partial charge in [0.15, 0.2) is 0 Å². The number of nitrogens with zero attached hydrogens (tertiary/aromatic N) is 1. The van der Waals surface area contributed by atoms with Crippen molar-refractivity contribution in [2.24, 2.45) is 5.41 Å². The molecule has 13 heteroatoms. The highest BCUT2D eigenvalue weighted by Crippen LogP contribution is 2.39. The SMILES string of the molecule is CCc1cc([N+](=O)[O-])c([PH](=O)OCNC(=O)C(C)(C)C)cc1Oc1ccc(C(F)(F)F)cc1Cl. The maximum absolute atomic E-state index is 12.9. The molecule has 0 aliphatic rings. The zero-order valence-electron chi connectivity index (χ0n) is 18.7. The molecule has 1 N–H and O–H groups in total. The van der Waals surface area contributed by atoms with Gasteiger partial charge in [-0.3, -0.25) is 19.5 Å². The highest BCUT2D eigenvalue weighted by atomic mass is 35.5. The smallest absolute Gasteiger partial charge is 0.416 e. The molecule has 2 aromatic rings. The molecule has 0 heterocycles. The summed E-state index contributed by atoms with van der Waals surface area (Å²) in [7, 11) is -3.22. The first-order chi connectivity index (χ1) is 15.6. The van der Waals surface area contributed by atoms with Crippen molar-refractivity contribution in [1.29, 1.82) is 0 Å². The summed E-state index contributed by atoms with van der Waals surface area (Å²) < 4.78 is 62.2. The van der Waals surface area contributed by atoms with Gasteiger partial charge in [-0.15, -0.1) is 0 Å². The second-order valence-corrected chi connectivity index (χ2v) is 9.97. The number of nitro benzene ring substituents is 1. The van der Waals surface area contributed by atoms with Crippen LogP contribution in [0.25, 0.3) is 0 Å². The van der Waals surface area contributed by atoms with E-state index in [4.69, 9.17) is 20.9 Å². The molecular formula is C21H23ClF3N2O6P. The zero-order valence-corrected chi connectivity index (χ0v) is 20.5. The Hall–Kier alpha value is -2.62. The van der Waals surface area contributed by atoms with E-state index in [2.05, 4.69) is 5.32 Å². The standard InChI is InChI=1S/C21H23ClF3N2O6P/c1-5-12-8-15(27(29)30)18(34(31)32-11-26-19(28)20(2,3)4)10-17(12)33-16-7-6-13(9-14(16)22)21(23,24)25/h6-10,34H,5,11H2,1-4H3,(H,26,28). The van der Waals surface area contributed by atoms with Gasteiger partial charge in [0.1, 0.15) is 23.5 Å². The number of hydrogen-bond donors (Lipinski definition) is 1. The average Bonchev–Trinajstić information content (AvgIpc) is 2.72. The molecule has 1 unspecified atom stereocenters. The lowest BCUT2D eigenvalue weighted by atomic mass is 9.96. The van der Waals surface area contributed by atoms with E-state index >= 15 is 0 Å². The fraction of sp³-hybridized carbons (Fsp3) is 0.381. The minimum atomic E-state index is -4.60. The lowest BCUT2D eigenvalue weighted by molar-refractivity contribution is -0.383. The molecule has 1 amide bonds. The number of ether oxygens (including phenoxy) is 1. The number of nitrogens with one attached hydrogen (secondary N) is 1. The van der Waals surface area contributed by atoms with Crippen molar-refractivity contribution in [2.75, 3.05) is 6.73 Å². The molecule has 0 bridgehead atoms. The van der Waals surface area contributed by atoms with E-state index < -0.39 is 42.5 Å². The van der Waals surface area contributed by atoms with Gasteiger partial charge in [0.2, 0.25) is 13.9 Å². The molecule has 34 heavy (non-hydrogen) atoms. The number of amides is 1. The number of rotatable bonds is 8. The lowest BCUT2D eigenvalue weighted by Crippen LogP contribution is -2.35. The van der Waals surface area contributed by atoms with Crippen LogP contribution < -0.4 is 15.4 Å². The van der Waals surface area contributed by atoms with Crippen LogP contribution in [0.5, 0.6) is 11.5 Å². The Balaban J connectivity index is 2.37. The Morgan fingerprint density at radius 3 is 2.32 bits per heavy atom. The molecule has 0 saturated carbocycles. The molecule has 0 aromatic heterocycles. The van der Waals surface area contributed by atoms with Gasteiger partial charge >= 0.3 is 6.18 Å². The predicted molar refractivity (Wildman–Crippen MR) is 121 cm³/mol. The van der Waals surface area contributed by atoms with Crippen LogP contribution in [0.1, 0.15) is 38.8 Å². The quantitative estimate of drug-likeness (QED) is 0.201. The molecular weight excluding hydrogens is 500 g/mol. The van der Waals surface area contributed by atoms with Crippen LogP contribution in [0.15, 0.2) is 30.3 Å². The van der Waals surface area contributed by atoms with Gasteiger partial charge in [-0.1, -0.05) is 39.3 Å². The van der Waals surface area contributed by atoms with Crippen molar-refractivity contribution < 1.29 is 36.7 Å². The lowest BCUT2D eigenvalue weighted by Gasteiger charge is -2.18. The number of halogens is 4. The van der Waals surface area contributed by atoms with E-state index in [9.17, 15) is 32.6 Å². The number of nitro groups is 1. The van der Waals surface area contributed by atoms with Crippen molar-refractivity contribution in [2.45, 2.75) is 40.3 Å². The fourth-order valence-electron chi connectivity index (χ4n) is 2.69. The zero-order chi connectivity index (χ0) is 25.8. The Morgan fingerprint density at radius 2 is 1.82 bits per heavy atom. The van der Waals surface area contributed by atoms with Crippen LogP contribution >= 0.6 is 19.6 Å². The third kappa shape index (κ3) is 6.94. The molecule has 0 radical (unpaired) electrons. The summed E-state index contributed by atoms with van der Waals surface area (Å²) in [5, 5.41) is 13.4. The number of hydrogen-bond acceptors (Lipinski definition) is 6. The van der Waals surface area contributed by atoms with E-state index in [1.807, 2.05) is 0 Å². The topological polar surface area (TPSA) is 108 Å². The minimum Gasteiger partial charge on any atom is -0.455 e. The normalized spacial score (nSPS) is 12.8. The molecule has 0 spiro atoms. The highest BCUT2D eigenvalue weighted by Gasteiger charge is 2.31. The van der Waals surface area contributed by atoms with Crippen LogP contribution in [0.3, 0.4) is 0 Å². The third-order valence-corrected chi connectivity index (χ3v) is 6.11. The molecule has 2 rings (SSSR count). The number of carbonyl (C=O) groups excluding carboxylic acids is 1. The summed E-state index contributed by atoms with van der Waals surface area (Å²) >= 11 is 5.95. The summed E-state index contributed by atoms with van der Waals surface area (Å²) in [5.74, 6) is -0.480. The Labute approximate surface area is 199 Å².